The first kappa shape index (κ1) is 22.3. The van der Waals surface area contributed by atoms with Gasteiger partial charge in [0.2, 0.25) is 18.3 Å². The molecule has 1 aromatic rings. The molecule has 1 unspecified atom stereocenters. The maximum Gasteiger partial charge on any atom is 0.245 e. The minimum Gasteiger partial charge on any atom is -0.368 e. The number of ether oxygens (including phenoxy) is 1. The highest BCUT2D eigenvalue weighted by Gasteiger charge is 2.27. The summed E-state index contributed by atoms with van der Waals surface area (Å²) in [6.45, 7) is 3.86. The van der Waals surface area contributed by atoms with Gasteiger partial charge in [0, 0.05) is 19.5 Å². The van der Waals surface area contributed by atoms with Crippen molar-refractivity contribution >= 4 is 18.3 Å². The molecule has 0 radical (unpaired) electrons. The molecule has 1 saturated carbocycles. The first-order valence-electron chi connectivity index (χ1n) is 10.6. The van der Waals surface area contributed by atoms with Gasteiger partial charge in [0.1, 0.15) is 11.9 Å². The van der Waals surface area contributed by atoms with Crippen molar-refractivity contribution in [3.05, 3.63) is 11.6 Å². The maximum atomic E-state index is 12.8. The topological polar surface area (TPSA) is 142 Å². The molecular formula is C19H31N7O4. The molecule has 11 nitrogen and oxygen atoms in total. The standard InChI is InChI=1S/C19H31N7O4/c1-2-16-21-17(15-10-20-7-8-30-15)23-19(22-16)25-24-18(28)14(11-26(29)12-27)9-13-5-3-4-6-13/h12-15,20,29H,2-11H2,1H3,(H,24,28)(H,21,22,23,25)/t14?,15-/m1/s1. The molecule has 2 aliphatic rings. The first-order chi connectivity index (χ1) is 14.6. The number of aryl methyl sites for hydroxylation is 1. The van der Waals surface area contributed by atoms with Crippen molar-refractivity contribution in [2.24, 2.45) is 11.8 Å². The third-order valence-electron chi connectivity index (χ3n) is 5.52. The molecule has 2 fully saturated rings. The number of morpholine rings is 1. The Kier molecular flexibility index (Phi) is 8.29. The number of nitrogens with one attached hydrogen (secondary N) is 3. The summed E-state index contributed by atoms with van der Waals surface area (Å²) in [4.78, 5) is 36.7. The van der Waals surface area contributed by atoms with E-state index in [0.717, 1.165) is 32.2 Å². The summed E-state index contributed by atoms with van der Waals surface area (Å²) >= 11 is 0. The number of amides is 2. The van der Waals surface area contributed by atoms with Gasteiger partial charge in [-0.3, -0.25) is 25.6 Å². The van der Waals surface area contributed by atoms with Gasteiger partial charge in [-0.25, -0.2) is 10.0 Å². The van der Waals surface area contributed by atoms with Gasteiger partial charge >= 0.3 is 0 Å². The number of hydroxylamine groups is 2. The molecule has 0 aromatic carbocycles. The minimum absolute atomic E-state index is 0.0578. The van der Waals surface area contributed by atoms with Gasteiger partial charge in [-0.2, -0.15) is 9.97 Å². The van der Waals surface area contributed by atoms with Gasteiger partial charge in [-0.05, 0) is 12.3 Å². The molecule has 1 aliphatic heterocycles. The summed E-state index contributed by atoms with van der Waals surface area (Å²) in [6, 6.07) is 0. The van der Waals surface area contributed by atoms with Crippen molar-refractivity contribution < 1.29 is 19.5 Å². The predicted molar refractivity (Wildman–Crippen MR) is 107 cm³/mol. The number of aromatic nitrogens is 3. The van der Waals surface area contributed by atoms with Gasteiger partial charge in [0.25, 0.3) is 0 Å². The normalized spacial score (nSPS) is 20.5. The number of hydrogen-bond donors (Lipinski definition) is 4. The van der Waals surface area contributed by atoms with Crippen LogP contribution in [0.5, 0.6) is 0 Å². The van der Waals surface area contributed by atoms with E-state index in [0.29, 0.717) is 55.0 Å². The highest BCUT2D eigenvalue weighted by molar-refractivity contribution is 5.80. The molecule has 2 amide bonds. The van der Waals surface area contributed by atoms with Crippen molar-refractivity contribution in [3.63, 3.8) is 0 Å². The second kappa shape index (κ2) is 11.1. The molecule has 2 atom stereocenters. The van der Waals surface area contributed by atoms with Gasteiger partial charge in [0.15, 0.2) is 5.82 Å². The fraction of sp³-hybridized carbons (Fsp3) is 0.737. The van der Waals surface area contributed by atoms with E-state index in [1.807, 2.05) is 6.92 Å². The third kappa shape index (κ3) is 6.31. The summed E-state index contributed by atoms with van der Waals surface area (Å²) in [5, 5.41) is 13.4. The lowest BCUT2D eigenvalue weighted by atomic mass is 9.92. The second-order valence-electron chi connectivity index (χ2n) is 7.78. The highest BCUT2D eigenvalue weighted by Crippen LogP contribution is 2.30. The van der Waals surface area contributed by atoms with Crippen LogP contribution in [0, 0.1) is 11.8 Å². The van der Waals surface area contributed by atoms with Crippen LogP contribution in [0.15, 0.2) is 0 Å². The minimum atomic E-state index is -0.534. The van der Waals surface area contributed by atoms with Crippen LogP contribution in [0.2, 0.25) is 0 Å². The van der Waals surface area contributed by atoms with E-state index >= 15 is 0 Å². The molecule has 2 heterocycles. The largest absolute Gasteiger partial charge is 0.368 e. The van der Waals surface area contributed by atoms with Crippen molar-refractivity contribution in [1.29, 1.82) is 0 Å². The van der Waals surface area contributed by atoms with Crippen molar-refractivity contribution in [3.8, 4) is 0 Å². The number of carbonyl (C=O) groups excluding carboxylic acids is 2. The number of rotatable bonds is 10. The Morgan fingerprint density at radius 1 is 1.37 bits per heavy atom. The van der Waals surface area contributed by atoms with Gasteiger partial charge in [-0.15, -0.1) is 0 Å². The average molecular weight is 422 g/mol. The number of hydrogen-bond acceptors (Lipinski definition) is 9. The number of anilines is 1. The Bertz CT molecular complexity index is 708. The zero-order chi connectivity index (χ0) is 21.3. The summed E-state index contributed by atoms with van der Waals surface area (Å²) < 4.78 is 5.72. The molecule has 1 aromatic heterocycles. The fourth-order valence-electron chi connectivity index (χ4n) is 3.93. The summed E-state index contributed by atoms with van der Waals surface area (Å²) in [5.74, 6) is 0.904. The molecule has 30 heavy (non-hydrogen) atoms. The lowest BCUT2D eigenvalue weighted by molar-refractivity contribution is -0.154. The van der Waals surface area contributed by atoms with Crippen LogP contribution < -0.4 is 16.2 Å². The third-order valence-corrected chi connectivity index (χ3v) is 5.52. The number of hydrazine groups is 1. The molecular weight excluding hydrogens is 390 g/mol. The van der Waals surface area contributed by atoms with Crippen molar-refractivity contribution in [1.82, 2.24) is 30.8 Å². The van der Waals surface area contributed by atoms with Crippen LogP contribution in [0.4, 0.5) is 5.95 Å². The lowest BCUT2D eigenvalue weighted by Gasteiger charge is -2.23. The lowest BCUT2D eigenvalue weighted by Crippen LogP contribution is -2.41. The Morgan fingerprint density at radius 2 is 2.17 bits per heavy atom. The summed E-state index contributed by atoms with van der Waals surface area (Å²) in [7, 11) is 0. The van der Waals surface area contributed by atoms with Crippen molar-refractivity contribution in [2.45, 2.75) is 51.6 Å². The van der Waals surface area contributed by atoms with Crippen LogP contribution in [0.3, 0.4) is 0 Å². The van der Waals surface area contributed by atoms with E-state index in [4.69, 9.17) is 4.74 Å². The van der Waals surface area contributed by atoms with Gasteiger partial charge in [0.05, 0.1) is 19.1 Å². The quantitative estimate of drug-likeness (QED) is 0.242. The molecule has 0 bridgehead atoms. The Balaban J connectivity index is 1.64. The van der Waals surface area contributed by atoms with E-state index in [9.17, 15) is 14.8 Å². The molecule has 4 N–H and O–H groups in total. The molecule has 166 valence electrons. The molecule has 1 aliphatic carbocycles. The Morgan fingerprint density at radius 3 is 2.83 bits per heavy atom. The highest BCUT2D eigenvalue weighted by atomic mass is 16.5. The fourth-order valence-corrected chi connectivity index (χ4v) is 3.93. The zero-order valence-electron chi connectivity index (χ0n) is 17.3. The van der Waals surface area contributed by atoms with Gasteiger partial charge < -0.3 is 10.1 Å². The van der Waals surface area contributed by atoms with E-state index in [1.54, 1.807) is 0 Å². The van der Waals surface area contributed by atoms with E-state index < -0.39 is 5.92 Å². The molecule has 1 saturated heterocycles. The smallest absolute Gasteiger partial charge is 0.245 e. The molecule has 3 rings (SSSR count). The second-order valence-corrected chi connectivity index (χ2v) is 7.78. The van der Waals surface area contributed by atoms with Crippen LogP contribution in [0.25, 0.3) is 0 Å². The van der Waals surface area contributed by atoms with E-state index in [2.05, 4.69) is 31.1 Å². The Labute approximate surface area is 175 Å². The average Bonchev–Trinajstić information content (AvgIpc) is 3.30. The van der Waals surface area contributed by atoms with Crippen molar-refractivity contribution in [2.75, 3.05) is 31.7 Å². The summed E-state index contributed by atoms with van der Waals surface area (Å²) in [5.41, 5.74) is 5.40. The van der Waals surface area contributed by atoms with Crippen LogP contribution in [-0.4, -0.2) is 63.8 Å². The summed E-state index contributed by atoms with van der Waals surface area (Å²) in [6.07, 6.45) is 5.70. The van der Waals surface area contributed by atoms with E-state index in [-0.39, 0.29) is 24.5 Å². The SMILES string of the molecule is CCc1nc(NNC(=O)C(CC2CCCC2)CN(O)C=O)nc([C@H]2CNCCO2)n1. The maximum absolute atomic E-state index is 12.8. The van der Waals surface area contributed by atoms with Crippen LogP contribution >= 0.6 is 0 Å². The zero-order valence-corrected chi connectivity index (χ0v) is 17.3. The van der Waals surface area contributed by atoms with Gasteiger partial charge in [-0.1, -0.05) is 32.6 Å². The van der Waals surface area contributed by atoms with Crippen LogP contribution in [0.1, 0.15) is 56.8 Å². The molecule has 0 spiro atoms. The Hall–Kier alpha value is -2.37. The van der Waals surface area contributed by atoms with E-state index in [1.165, 1.54) is 0 Å². The van der Waals surface area contributed by atoms with Crippen LogP contribution in [-0.2, 0) is 20.7 Å². The number of nitrogens with zero attached hydrogens (tertiary/aromatic N) is 4. The monoisotopic (exact) mass is 421 g/mol. The number of carbonyl (C=O) groups is 2. The molecule has 11 heteroatoms. The first-order valence-corrected chi connectivity index (χ1v) is 10.6. The predicted octanol–water partition coefficient (Wildman–Crippen LogP) is 0.582.